The third kappa shape index (κ3) is 5.11. The van der Waals surface area contributed by atoms with Gasteiger partial charge >= 0.3 is 0 Å². The van der Waals surface area contributed by atoms with E-state index in [4.69, 9.17) is 16.3 Å². The van der Waals surface area contributed by atoms with E-state index in [0.29, 0.717) is 18.8 Å². The Morgan fingerprint density at radius 3 is 2.74 bits per heavy atom. The highest BCUT2D eigenvalue weighted by atomic mass is 35.5. The van der Waals surface area contributed by atoms with Crippen LogP contribution in [0.3, 0.4) is 0 Å². The van der Waals surface area contributed by atoms with Crippen molar-refractivity contribution >= 4 is 17.5 Å². The monoisotopic (exact) mass is 283 g/mol. The Balaban J connectivity index is 2.69. The van der Waals surface area contributed by atoms with Crippen LogP contribution >= 0.6 is 11.6 Å². The molecule has 0 aliphatic heterocycles. The number of hydrogen-bond acceptors (Lipinski definition) is 2. The summed E-state index contributed by atoms with van der Waals surface area (Å²) in [6, 6.07) is 7.82. The normalized spacial score (nSPS) is 10.6. The second-order valence-electron chi connectivity index (χ2n) is 4.75. The number of alkyl halides is 1. The van der Waals surface area contributed by atoms with Gasteiger partial charge < -0.3 is 9.64 Å². The lowest BCUT2D eigenvalue weighted by Crippen LogP contribution is -2.38. The minimum atomic E-state index is 0.133. The molecule has 0 saturated carbocycles. The molecule has 0 spiro atoms. The first-order valence-electron chi connectivity index (χ1n) is 6.56. The van der Waals surface area contributed by atoms with Crippen LogP contribution in [0.5, 0.6) is 5.75 Å². The first-order valence-corrected chi connectivity index (χ1v) is 7.10. The van der Waals surface area contributed by atoms with E-state index < -0.39 is 0 Å². The zero-order chi connectivity index (χ0) is 14.3. The van der Waals surface area contributed by atoms with Gasteiger partial charge in [0.05, 0.1) is 13.5 Å². The summed E-state index contributed by atoms with van der Waals surface area (Å²) in [5, 5.41) is 0. The van der Waals surface area contributed by atoms with Gasteiger partial charge in [0, 0.05) is 18.5 Å². The van der Waals surface area contributed by atoms with Crippen molar-refractivity contribution in [2.45, 2.75) is 32.7 Å². The topological polar surface area (TPSA) is 29.5 Å². The fourth-order valence-electron chi connectivity index (χ4n) is 1.96. The van der Waals surface area contributed by atoms with E-state index in [1.807, 2.05) is 43.0 Å². The Morgan fingerprint density at radius 1 is 1.42 bits per heavy atom. The molecule has 106 valence electrons. The quantitative estimate of drug-likeness (QED) is 0.720. The molecular weight excluding hydrogens is 262 g/mol. The van der Waals surface area contributed by atoms with Gasteiger partial charge in [-0.15, -0.1) is 11.6 Å². The van der Waals surface area contributed by atoms with Crippen molar-refractivity contribution in [3.05, 3.63) is 29.8 Å². The van der Waals surface area contributed by atoms with Crippen LogP contribution in [0.2, 0.25) is 0 Å². The Morgan fingerprint density at radius 2 is 2.16 bits per heavy atom. The summed E-state index contributed by atoms with van der Waals surface area (Å²) in [6.07, 6.45) is 1.22. The van der Waals surface area contributed by atoms with E-state index in [1.54, 1.807) is 7.11 Å². The molecule has 0 unspecified atom stereocenters. The number of carbonyl (C=O) groups excluding carboxylic acids is 1. The highest BCUT2D eigenvalue weighted by Gasteiger charge is 2.16. The van der Waals surface area contributed by atoms with Gasteiger partial charge in [0.2, 0.25) is 5.91 Å². The van der Waals surface area contributed by atoms with Crippen LogP contribution in [0.15, 0.2) is 24.3 Å². The van der Waals surface area contributed by atoms with Gasteiger partial charge in [-0.25, -0.2) is 0 Å². The molecule has 1 aromatic rings. The largest absolute Gasteiger partial charge is 0.497 e. The predicted molar refractivity (Wildman–Crippen MR) is 78.9 cm³/mol. The van der Waals surface area contributed by atoms with Crippen molar-refractivity contribution in [2.75, 3.05) is 19.5 Å². The molecule has 0 bridgehead atoms. The summed E-state index contributed by atoms with van der Waals surface area (Å²) in [5.74, 6) is 1.49. The van der Waals surface area contributed by atoms with Crippen LogP contribution in [0.25, 0.3) is 0 Å². The summed E-state index contributed by atoms with van der Waals surface area (Å²) in [4.78, 5) is 14.2. The Bertz CT molecular complexity index is 407. The van der Waals surface area contributed by atoms with E-state index in [0.717, 1.165) is 17.7 Å². The van der Waals surface area contributed by atoms with Gasteiger partial charge in [0.25, 0.3) is 0 Å². The fourth-order valence-corrected chi connectivity index (χ4v) is 2.08. The van der Waals surface area contributed by atoms with Gasteiger partial charge in [-0.05, 0) is 38.0 Å². The molecule has 0 fully saturated rings. The Labute approximate surface area is 120 Å². The molecule has 0 atom stereocenters. The molecule has 0 aliphatic rings. The molecule has 0 N–H and O–H groups in total. The van der Waals surface area contributed by atoms with Crippen LogP contribution < -0.4 is 4.74 Å². The molecule has 0 heterocycles. The van der Waals surface area contributed by atoms with Gasteiger partial charge in [-0.2, -0.15) is 0 Å². The molecule has 1 aromatic carbocycles. The highest BCUT2D eigenvalue weighted by molar-refractivity contribution is 6.17. The van der Waals surface area contributed by atoms with E-state index in [1.165, 1.54) is 0 Å². The number of methoxy groups -OCH3 is 1. The van der Waals surface area contributed by atoms with Crippen molar-refractivity contribution < 1.29 is 9.53 Å². The van der Waals surface area contributed by atoms with Crippen LogP contribution in [-0.2, 0) is 11.2 Å². The molecular formula is C15H22ClNO2. The number of hydrogen-bond donors (Lipinski definition) is 0. The number of nitrogens with zero attached hydrogens (tertiary/aromatic N) is 1. The third-order valence-electron chi connectivity index (χ3n) is 2.97. The SMILES string of the molecule is COc1cccc(CC(=O)N(CCCCl)C(C)C)c1. The zero-order valence-electron chi connectivity index (χ0n) is 11.9. The molecule has 3 nitrogen and oxygen atoms in total. The van der Waals surface area contributed by atoms with Crippen molar-refractivity contribution in [2.24, 2.45) is 0 Å². The maximum atomic E-state index is 12.3. The molecule has 4 heteroatoms. The number of carbonyl (C=O) groups is 1. The second-order valence-corrected chi connectivity index (χ2v) is 5.13. The third-order valence-corrected chi connectivity index (χ3v) is 3.23. The summed E-state index contributed by atoms with van der Waals surface area (Å²) >= 11 is 5.70. The highest BCUT2D eigenvalue weighted by Crippen LogP contribution is 2.14. The van der Waals surface area contributed by atoms with Crippen LogP contribution in [0.1, 0.15) is 25.8 Å². The molecule has 0 radical (unpaired) electrons. The minimum absolute atomic E-state index is 0.133. The zero-order valence-corrected chi connectivity index (χ0v) is 12.6. The number of rotatable bonds is 7. The maximum absolute atomic E-state index is 12.3. The van der Waals surface area contributed by atoms with Gasteiger partial charge in [-0.3, -0.25) is 4.79 Å². The summed E-state index contributed by atoms with van der Waals surface area (Å²) in [5.41, 5.74) is 0.973. The fraction of sp³-hybridized carbons (Fsp3) is 0.533. The average Bonchev–Trinajstić information content (AvgIpc) is 2.39. The molecule has 0 saturated heterocycles. The standard InChI is InChI=1S/C15H22ClNO2/c1-12(2)17(9-5-8-16)15(18)11-13-6-4-7-14(10-13)19-3/h4,6-7,10,12H,5,8-9,11H2,1-3H3. The molecule has 1 rings (SSSR count). The number of amides is 1. The van der Waals surface area contributed by atoms with Crippen molar-refractivity contribution in [3.63, 3.8) is 0 Å². The van der Waals surface area contributed by atoms with Crippen LogP contribution in [0.4, 0.5) is 0 Å². The van der Waals surface area contributed by atoms with E-state index >= 15 is 0 Å². The Hall–Kier alpha value is -1.22. The van der Waals surface area contributed by atoms with Gasteiger partial charge in [0.15, 0.2) is 0 Å². The van der Waals surface area contributed by atoms with Crippen molar-refractivity contribution in [1.29, 1.82) is 0 Å². The van der Waals surface area contributed by atoms with Crippen molar-refractivity contribution in [1.82, 2.24) is 4.90 Å². The van der Waals surface area contributed by atoms with E-state index in [2.05, 4.69) is 0 Å². The van der Waals surface area contributed by atoms with Gasteiger partial charge in [0.1, 0.15) is 5.75 Å². The van der Waals surface area contributed by atoms with E-state index in [9.17, 15) is 4.79 Å². The second kappa shape index (κ2) is 8.05. The van der Waals surface area contributed by atoms with Gasteiger partial charge in [-0.1, -0.05) is 12.1 Å². The number of halogens is 1. The molecule has 19 heavy (non-hydrogen) atoms. The summed E-state index contributed by atoms with van der Waals surface area (Å²) in [6.45, 7) is 4.76. The predicted octanol–water partition coefficient (Wildman–Crippen LogP) is 3.10. The Kier molecular flexibility index (Phi) is 6.71. The first kappa shape index (κ1) is 15.8. The lowest BCUT2D eigenvalue weighted by atomic mass is 10.1. The molecule has 0 aromatic heterocycles. The first-order chi connectivity index (χ1) is 9.08. The number of ether oxygens (including phenoxy) is 1. The average molecular weight is 284 g/mol. The lowest BCUT2D eigenvalue weighted by Gasteiger charge is -2.26. The lowest BCUT2D eigenvalue weighted by molar-refractivity contribution is -0.132. The van der Waals surface area contributed by atoms with E-state index in [-0.39, 0.29) is 11.9 Å². The minimum Gasteiger partial charge on any atom is -0.497 e. The molecule has 1 amide bonds. The number of benzene rings is 1. The summed E-state index contributed by atoms with van der Waals surface area (Å²) < 4.78 is 5.17. The summed E-state index contributed by atoms with van der Waals surface area (Å²) in [7, 11) is 1.63. The smallest absolute Gasteiger partial charge is 0.227 e. The van der Waals surface area contributed by atoms with Crippen molar-refractivity contribution in [3.8, 4) is 5.75 Å². The van der Waals surface area contributed by atoms with Crippen LogP contribution in [-0.4, -0.2) is 36.4 Å². The maximum Gasteiger partial charge on any atom is 0.227 e. The molecule has 0 aliphatic carbocycles. The van der Waals surface area contributed by atoms with Crippen LogP contribution in [0, 0.1) is 0 Å².